The normalized spacial score (nSPS) is 10.4. The van der Waals surface area contributed by atoms with Crippen LogP contribution in [0.4, 0.5) is 5.69 Å². The Balaban J connectivity index is 2.41. The van der Waals surface area contributed by atoms with Crippen LogP contribution in [0.25, 0.3) is 0 Å². The Morgan fingerprint density at radius 1 is 1.00 bits per heavy atom. The molecule has 0 saturated heterocycles. The Hall–Kier alpha value is -1.03. The van der Waals surface area contributed by atoms with Gasteiger partial charge < -0.3 is 5.73 Å². The van der Waals surface area contributed by atoms with Gasteiger partial charge in [0.15, 0.2) is 5.78 Å². The van der Waals surface area contributed by atoms with Crippen LogP contribution in [0.5, 0.6) is 0 Å². The summed E-state index contributed by atoms with van der Waals surface area (Å²) in [6, 6.07) is 9.83. The molecular formula is C13H8BrCl2NO. The van der Waals surface area contributed by atoms with Gasteiger partial charge in [0.25, 0.3) is 0 Å². The molecule has 2 aromatic carbocycles. The van der Waals surface area contributed by atoms with Gasteiger partial charge in [-0.2, -0.15) is 0 Å². The fourth-order valence-electron chi connectivity index (χ4n) is 1.47. The molecule has 0 unspecified atom stereocenters. The summed E-state index contributed by atoms with van der Waals surface area (Å²) in [5, 5.41) is 0.853. The Morgan fingerprint density at radius 3 is 2.11 bits per heavy atom. The van der Waals surface area contributed by atoms with Crippen LogP contribution in [0.1, 0.15) is 15.9 Å². The largest absolute Gasteiger partial charge is 0.398 e. The molecule has 0 fully saturated rings. The summed E-state index contributed by atoms with van der Waals surface area (Å²) < 4.78 is 0.746. The summed E-state index contributed by atoms with van der Waals surface area (Å²) in [5.74, 6) is -0.147. The van der Waals surface area contributed by atoms with Crippen molar-refractivity contribution in [2.24, 2.45) is 0 Å². The lowest BCUT2D eigenvalue weighted by molar-refractivity contribution is 0.103. The summed E-state index contributed by atoms with van der Waals surface area (Å²) in [7, 11) is 0. The van der Waals surface area contributed by atoms with E-state index < -0.39 is 0 Å². The zero-order chi connectivity index (χ0) is 13.3. The number of ketones is 1. The lowest BCUT2D eigenvalue weighted by Gasteiger charge is -2.05. The Morgan fingerprint density at radius 2 is 1.56 bits per heavy atom. The first-order valence-corrected chi connectivity index (χ1v) is 6.58. The molecule has 0 aromatic heterocycles. The first kappa shape index (κ1) is 13.4. The van der Waals surface area contributed by atoms with E-state index in [9.17, 15) is 4.79 Å². The monoisotopic (exact) mass is 343 g/mol. The van der Waals surface area contributed by atoms with Gasteiger partial charge in [0.05, 0.1) is 15.7 Å². The second kappa shape index (κ2) is 5.31. The van der Waals surface area contributed by atoms with Crippen LogP contribution in [0.3, 0.4) is 0 Å². The number of hydrogen-bond donors (Lipinski definition) is 1. The Kier molecular flexibility index (Phi) is 3.95. The number of hydrogen-bond acceptors (Lipinski definition) is 2. The highest BCUT2D eigenvalue weighted by atomic mass is 79.9. The first-order chi connectivity index (χ1) is 8.49. The SMILES string of the molecule is Nc1ccc(C(=O)c2ccc(Br)c(Cl)c2)cc1Cl. The lowest BCUT2D eigenvalue weighted by atomic mass is 10.0. The molecule has 0 atom stereocenters. The van der Waals surface area contributed by atoms with Gasteiger partial charge in [-0.25, -0.2) is 0 Å². The van der Waals surface area contributed by atoms with Crippen molar-refractivity contribution in [3.63, 3.8) is 0 Å². The average Bonchev–Trinajstić information content (AvgIpc) is 2.35. The van der Waals surface area contributed by atoms with Gasteiger partial charge in [-0.05, 0) is 52.3 Å². The third-order valence-corrected chi connectivity index (χ3v) is 4.00. The minimum Gasteiger partial charge on any atom is -0.398 e. The van der Waals surface area contributed by atoms with E-state index in [1.165, 1.54) is 0 Å². The lowest BCUT2D eigenvalue weighted by Crippen LogP contribution is -2.02. The van der Waals surface area contributed by atoms with Crippen LogP contribution < -0.4 is 5.73 Å². The van der Waals surface area contributed by atoms with Crippen molar-refractivity contribution in [3.05, 3.63) is 62.0 Å². The molecule has 0 radical (unpaired) electrons. The number of anilines is 1. The number of rotatable bonds is 2. The zero-order valence-electron chi connectivity index (χ0n) is 9.08. The molecule has 92 valence electrons. The first-order valence-electron chi connectivity index (χ1n) is 5.04. The number of carbonyl (C=O) groups is 1. The predicted molar refractivity (Wildman–Crippen MR) is 78.4 cm³/mol. The summed E-state index contributed by atoms with van der Waals surface area (Å²) >= 11 is 15.1. The number of benzene rings is 2. The minimum absolute atomic E-state index is 0.147. The van der Waals surface area contributed by atoms with Crippen molar-refractivity contribution in [2.45, 2.75) is 0 Å². The van der Waals surface area contributed by atoms with E-state index >= 15 is 0 Å². The molecular weight excluding hydrogens is 337 g/mol. The van der Waals surface area contributed by atoms with Gasteiger partial charge in [0.2, 0.25) is 0 Å². The van der Waals surface area contributed by atoms with Gasteiger partial charge in [0, 0.05) is 15.6 Å². The van der Waals surface area contributed by atoms with Crippen LogP contribution in [-0.4, -0.2) is 5.78 Å². The zero-order valence-corrected chi connectivity index (χ0v) is 12.2. The Bertz CT molecular complexity index is 575. The quantitative estimate of drug-likeness (QED) is 0.640. The number of halogens is 3. The van der Waals surface area contributed by atoms with E-state index in [0.717, 1.165) is 4.47 Å². The molecule has 2 N–H and O–H groups in total. The van der Waals surface area contributed by atoms with Crippen LogP contribution >= 0.6 is 39.1 Å². The van der Waals surface area contributed by atoms with Gasteiger partial charge in [0.1, 0.15) is 0 Å². The summed E-state index contributed by atoms with van der Waals surface area (Å²) in [5.41, 5.74) is 7.03. The van der Waals surface area contributed by atoms with Crippen molar-refractivity contribution in [2.75, 3.05) is 5.73 Å². The number of nitrogen functional groups attached to an aromatic ring is 1. The third kappa shape index (κ3) is 2.69. The van der Waals surface area contributed by atoms with Gasteiger partial charge in [-0.3, -0.25) is 4.79 Å². The molecule has 0 saturated carbocycles. The maximum Gasteiger partial charge on any atom is 0.193 e. The van der Waals surface area contributed by atoms with E-state index in [4.69, 9.17) is 28.9 Å². The average molecular weight is 345 g/mol. The molecule has 0 aliphatic heterocycles. The molecule has 2 nitrogen and oxygen atoms in total. The maximum atomic E-state index is 12.2. The molecule has 0 amide bonds. The standard InChI is InChI=1S/C13H8BrCl2NO/c14-9-3-1-7(5-10(9)15)13(18)8-2-4-12(17)11(16)6-8/h1-6H,17H2. The predicted octanol–water partition coefficient (Wildman–Crippen LogP) is 4.57. The van der Waals surface area contributed by atoms with Crippen LogP contribution in [0.2, 0.25) is 10.0 Å². The highest BCUT2D eigenvalue weighted by Crippen LogP contribution is 2.26. The van der Waals surface area contributed by atoms with Crippen molar-refractivity contribution < 1.29 is 4.79 Å². The second-order valence-corrected chi connectivity index (χ2v) is 5.36. The maximum absolute atomic E-state index is 12.2. The van der Waals surface area contributed by atoms with E-state index in [1.807, 2.05) is 0 Å². The van der Waals surface area contributed by atoms with E-state index in [0.29, 0.717) is 26.9 Å². The van der Waals surface area contributed by atoms with E-state index in [1.54, 1.807) is 36.4 Å². The van der Waals surface area contributed by atoms with Gasteiger partial charge in [-0.1, -0.05) is 23.2 Å². The number of carbonyl (C=O) groups excluding carboxylic acids is 1. The molecule has 2 aromatic rings. The second-order valence-electron chi connectivity index (χ2n) is 3.69. The summed E-state index contributed by atoms with van der Waals surface area (Å²) in [6.07, 6.45) is 0. The van der Waals surface area contributed by atoms with Crippen LogP contribution in [-0.2, 0) is 0 Å². The molecule has 2 rings (SSSR count). The third-order valence-electron chi connectivity index (χ3n) is 2.44. The Labute approximate surface area is 123 Å². The summed E-state index contributed by atoms with van der Waals surface area (Å²) in [6.45, 7) is 0. The molecule has 0 spiro atoms. The topological polar surface area (TPSA) is 43.1 Å². The van der Waals surface area contributed by atoms with Crippen molar-refractivity contribution in [1.82, 2.24) is 0 Å². The number of nitrogens with two attached hydrogens (primary N) is 1. The van der Waals surface area contributed by atoms with Crippen molar-refractivity contribution in [1.29, 1.82) is 0 Å². The fourth-order valence-corrected chi connectivity index (χ4v) is 2.08. The van der Waals surface area contributed by atoms with Crippen molar-refractivity contribution in [3.8, 4) is 0 Å². The van der Waals surface area contributed by atoms with E-state index in [2.05, 4.69) is 15.9 Å². The molecule has 0 heterocycles. The van der Waals surface area contributed by atoms with E-state index in [-0.39, 0.29) is 5.78 Å². The highest BCUT2D eigenvalue weighted by molar-refractivity contribution is 9.10. The molecule has 0 aliphatic carbocycles. The molecule has 18 heavy (non-hydrogen) atoms. The summed E-state index contributed by atoms with van der Waals surface area (Å²) in [4.78, 5) is 12.2. The molecule has 5 heteroatoms. The van der Waals surface area contributed by atoms with Crippen LogP contribution in [0, 0.1) is 0 Å². The smallest absolute Gasteiger partial charge is 0.193 e. The van der Waals surface area contributed by atoms with Crippen molar-refractivity contribution >= 4 is 50.6 Å². The van der Waals surface area contributed by atoms with Gasteiger partial charge in [-0.15, -0.1) is 0 Å². The molecule has 0 bridgehead atoms. The minimum atomic E-state index is -0.147. The fraction of sp³-hybridized carbons (Fsp3) is 0. The highest BCUT2D eigenvalue weighted by Gasteiger charge is 2.11. The van der Waals surface area contributed by atoms with Gasteiger partial charge >= 0.3 is 0 Å². The molecule has 0 aliphatic rings. The van der Waals surface area contributed by atoms with Crippen LogP contribution in [0.15, 0.2) is 40.9 Å².